The van der Waals surface area contributed by atoms with Crippen molar-refractivity contribution in [3.05, 3.63) is 29.3 Å². The van der Waals surface area contributed by atoms with E-state index < -0.39 is 5.97 Å². The molecule has 0 atom stereocenters. The predicted molar refractivity (Wildman–Crippen MR) is 66.1 cm³/mol. The molecule has 86 valence electrons. The van der Waals surface area contributed by atoms with E-state index >= 15 is 0 Å². The summed E-state index contributed by atoms with van der Waals surface area (Å²) in [5.41, 5.74) is 2.39. The molecule has 0 unspecified atom stereocenters. The molecule has 1 aliphatic carbocycles. The summed E-state index contributed by atoms with van der Waals surface area (Å²) in [7, 11) is 0. The minimum absolute atomic E-state index is 0.0620. The zero-order valence-corrected chi connectivity index (χ0v) is 10.4. The molecule has 1 aromatic rings. The number of hydrogen-bond donors (Lipinski definition) is 1. The molecular formula is C13H16O2S. The van der Waals surface area contributed by atoms with Crippen molar-refractivity contribution in [2.24, 2.45) is 0 Å². The summed E-state index contributed by atoms with van der Waals surface area (Å²) < 4.78 is 0. The van der Waals surface area contributed by atoms with E-state index in [2.05, 4.69) is 31.4 Å². The van der Waals surface area contributed by atoms with Crippen LogP contribution in [0.15, 0.2) is 23.1 Å². The molecule has 0 saturated heterocycles. The van der Waals surface area contributed by atoms with Crippen LogP contribution in [0.4, 0.5) is 0 Å². The molecule has 1 saturated carbocycles. The van der Waals surface area contributed by atoms with Gasteiger partial charge in [0, 0.05) is 10.3 Å². The summed E-state index contributed by atoms with van der Waals surface area (Å²) in [6.07, 6.45) is 4.35. The van der Waals surface area contributed by atoms with Crippen molar-refractivity contribution >= 4 is 17.7 Å². The number of carboxylic acid groups (broad SMARTS) is 1. The van der Waals surface area contributed by atoms with Gasteiger partial charge in [0.05, 0.1) is 6.42 Å². The van der Waals surface area contributed by atoms with Gasteiger partial charge in [-0.3, -0.25) is 4.79 Å². The molecule has 16 heavy (non-hydrogen) atoms. The number of aryl methyl sites for hydroxylation is 1. The van der Waals surface area contributed by atoms with Crippen molar-refractivity contribution in [1.82, 2.24) is 0 Å². The van der Waals surface area contributed by atoms with Crippen molar-refractivity contribution in [3.63, 3.8) is 0 Å². The van der Waals surface area contributed by atoms with Crippen molar-refractivity contribution in [3.8, 4) is 0 Å². The lowest BCUT2D eigenvalue weighted by atomic mass is 9.91. The lowest BCUT2D eigenvalue weighted by Gasteiger charge is -2.15. The number of carboxylic acids is 1. The summed E-state index contributed by atoms with van der Waals surface area (Å²) in [4.78, 5) is 12.1. The van der Waals surface area contributed by atoms with Crippen LogP contribution in [0.25, 0.3) is 0 Å². The molecule has 0 aromatic heterocycles. The zero-order valence-electron chi connectivity index (χ0n) is 9.62. The molecule has 3 heteroatoms. The van der Waals surface area contributed by atoms with Gasteiger partial charge in [-0.1, -0.05) is 12.1 Å². The Bertz CT molecular complexity index is 422. The SMILES string of the molecule is CSc1ccc(C2(CC(=O)O)CC2)cc1C. The fourth-order valence-corrected chi connectivity index (χ4v) is 2.80. The molecule has 1 fully saturated rings. The second kappa shape index (κ2) is 4.13. The van der Waals surface area contributed by atoms with Crippen LogP contribution in [0, 0.1) is 6.92 Å². The highest BCUT2D eigenvalue weighted by Crippen LogP contribution is 2.51. The van der Waals surface area contributed by atoms with Crippen molar-refractivity contribution in [1.29, 1.82) is 0 Å². The first-order chi connectivity index (χ1) is 7.57. The van der Waals surface area contributed by atoms with Crippen LogP contribution in [0.3, 0.4) is 0 Å². The molecule has 1 N–H and O–H groups in total. The van der Waals surface area contributed by atoms with Crippen LogP contribution < -0.4 is 0 Å². The van der Waals surface area contributed by atoms with Crippen LogP contribution in [-0.4, -0.2) is 17.3 Å². The number of carbonyl (C=O) groups is 1. The van der Waals surface area contributed by atoms with E-state index in [9.17, 15) is 4.79 Å². The van der Waals surface area contributed by atoms with E-state index in [1.807, 2.05) is 0 Å². The van der Waals surface area contributed by atoms with Gasteiger partial charge in [0.2, 0.25) is 0 Å². The second-order valence-corrected chi connectivity index (χ2v) is 5.38. The molecule has 2 rings (SSSR count). The number of hydrogen-bond acceptors (Lipinski definition) is 2. The first-order valence-corrected chi connectivity index (χ1v) is 6.67. The zero-order chi connectivity index (χ0) is 11.8. The van der Waals surface area contributed by atoms with E-state index in [1.165, 1.54) is 16.0 Å². The molecular weight excluding hydrogens is 220 g/mol. The standard InChI is InChI=1S/C13H16O2S/c1-9-7-10(3-4-11(9)16-2)13(5-6-13)8-12(14)15/h3-4,7H,5-6,8H2,1-2H3,(H,14,15). The molecule has 0 spiro atoms. The monoisotopic (exact) mass is 236 g/mol. The maximum absolute atomic E-state index is 10.8. The third-order valence-corrected chi connectivity index (χ3v) is 4.25. The summed E-state index contributed by atoms with van der Waals surface area (Å²) >= 11 is 1.73. The van der Waals surface area contributed by atoms with Crippen LogP contribution in [0.1, 0.15) is 30.4 Å². The Morgan fingerprint density at radius 1 is 1.50 bits per heavy atom. The highest BCUT2D eigenvalue weighted by atomic mass is 32.2. The Labute approximate surface area is 100 Å². The van der Waals surface area contributed by atoms with E-state index in [-0.39, 0.29) is 11.8 Å². The summed E-state index contributed by atoms with van der Waals surface area (Å²) in [6, 6.07) is 6.35. The van der Waals surface area contributed by atoms with Crippen molar-refractivity contribution < 1.29 is 9.90 Å². The fraction of sp³-hybridized carbons (Fsp3) is 0.462. The number of aliphatic carboxylic acids is 1. The van der Waals surface area contributed by atoms with Gasteiger partial charge in [0.15, 0.2) is 0 Å². The van der Waals surface area contributed by atoms with E-state index in [0.29, 0.717) is 0 Å². The largest absolute Gasteiger partial charge is 0.481 e. The third-order valence-electron chi connectivity index (χ3n) is 3.35. The maximum Gasteiger partial charge on any atom is 0.304 e. The molecule has 0 aliphatic heterocycles. The summed E-state index contributed by atoms with van der Waals surface area (Å²) in [5, 5.41) is 8.92. The molecule has 2 nitrogen and oxygen atoms in total. The van der Waals surface area contributed by atoms with E-state index in [4.69, 9.17) is 5.11 Å². The van der Waals surface area contributed by atoms with Gasteiger partial charge in [0.1, 0.15) is 0 Å². The molecule has 0 heterocycles. The van der Waals surface area contributed by atoms with E-state index in [1.54, 1.807) is 11.8 Å². The predicted octanol–water partition coefficient (Wildman–Crippen LogP) is 3.22. The van der Waals surface area contributed by atoms with Gasteiger partial charge >= 0.3 is 5.97 Å². The molecule has 0 radical (unpaired) electrons. The number of thioether (sulfide) groups is 1. The topological polar surface area (TPSA) is 37.3 Å². The quantitative estimate of drug-likeness (QED) is 0.816. The second-order valence-electron chi connectivity index (χ2n) is 4.54. The van der Waals surface area contributed by atoms with E-state index in [0.717, 1.165) is 12.8 Å². The molecule has 1 aliphatic rings. The van der Waals surface area contributed by atoms with Crippen molar-refractivity contribution in [2.45, 2.75) is 36.5 Å². The lowest BCUT2D eigenvalue weighted by Crippen LogP contribution is -2.13. The van der Waals surface area contributed by atoms with Gasteiger partial charge in [-0.2, -0.15) is 0 Å². The average Bonchev–Trinajstić information content (AvgIpc) is 2.98. The van der Waals surface area contributed by atoms with Gasteiger partial charge in [-0.15, -0.1) is 11.8 Å². The highest BCUT2D eigenvalue weighted by Gasteiger charge is 2.45. The Balaban J connectivity index is 2.28. The van der Waals surface area contributed by atoms with Crippen LogP contribution in [-0.2, 0) is 10.2 Å². The average molecular weight is 236 g/mol. The first kappa shape index (κ1) is 11.5. The fourth-order valence-electron chi connectivity index (χ4n) is 2.22. The number of rotatable bonds is 4. The van der Waals surface area contributed by atoms with Gasteiger partial charge in [-0.05, 0) is 43.2 Å². The Hall–Kier alpha value is -0.960. The summed E-state index contributed by atoms with van der Waals surface area (Å²) in [5.74, 6) is -0.691. The summed E-state index contributed by atoms with van der Waals surface area (Å²) in [6.45, 7) is 2.09. The minimum Gasteiger partial charge on any atom is -0.481 e. The first-order valence-electron chi connectivity index (χ1n) is 5.44. The van der Waals surface area contributed by atoms with Crippen LogP contribution >= 0.6 is 11.8 Å². The van der Waals surface area contributed by atoms with Gasteiger partial charge in [-0.25, -0.2) is 0 Å². The molecule has 0 bridgehead atoms. The molecule has 0 amide bonds. The Morgan fingerprint density at radius 2 is 2.19 bits per heavy atom. The molecule has 1 aromatic carbocycles. The Kier molecular flexibility index (Phi) is 2.98. The maximum atomic E-state index is 10.8. The van der Waals surface area contributed by atoms with Crippen molar-refractivity contribution in [2.75, 3.05) is 6.26 Å². The van der Waals surface area contributed by atoms with Gasteiger partial charge < -0.3 is 5.11 Å². The number of benzene rings is 1. The van der Waals surface area contributed by atoms with Gasteiger partial charge in [0.25, 0.3) is 0 Å². The lowest BCUT2D eigenvalue weighted by molar-refractivity contribution is -0.137. The van der Waals surface area contributed by atoms with Crippen LogP contribution in [0.2, 0.25) is 0 Å². The normalized spacial score (nSPS) is 17.1. The smallest absolute Gasteiger partial charge is 0.304 e. The minimum atomic E-state index is -0.691. The highest BCUT2D eigenvalue weighted by molar-refractivity contribution is 7.98. The van der Waals surface area contributed by atoms with Crippen LogP contribution in [0.5, 0.6) is 0 Å². The third kappa shape index (κ3) is 2.09. The Morgan fingerprint density at radius 3 is 2.62 bits per heavy atom.